The first kappa shape index (κ1) is 22.3. The smallest absolute Gasteiger partial charge is 0.253 e. The van der Waals surface area contributed by atoms with Crippen LogP contribution in [-0.4, -0.2) is 40.9 Å². The minimum Gasteiger partial charge on any atom is -0.364 e. The Kier molecular flexibility index (Phi) is 6.63. The van der Waals surface area contributed by atoms with Crippen LogP contribution in [0.25, 0.3) is 0 Å². The van der Waals surface area contributed by atoms with E-state index in [2.05, 4.69) is 34.0 Å². The van der Waals surface area contributed by atoms with Crippen LogP contribution in [0.2, 0.25) is 0 Å². The van der Waals surface area contributed by atoms with Crippen molar-refractivity contribution in [1.29, 1.82) is 0 Å². The van der Waals surface area contributed by atoms with Gasteiger partial charge in [-0.1, -0.05) is 6.07 Å². The van der Waals surface area contributed by atoms with Crippen molar-refractivity contribution in [2.24, 2.45) is 0 Å². The molecule has 3 rings (SSSR count). The van der Waals surface area contributed by atoms with Crippen LogP contribution in [0, 0.1) is 13.8 Å². The van der Waals surface area contributed by atoms with E-state index in [1.165, 1.54) is 0 Å². The van der Waals surface area contributed by atoms with E-state index in [4.69, 9.17) is 0 Å². The molecule has 0 aliphatic carbocycles. The van der Waals surface area contributed by atoms with Crippen molar-refractivity contribution in [1.82, 2.24) is 20.2 Å². The Labute approximate surface area is 183 Å². The van der Waals surface area contributed by atoms with Gasteiger partial charge in [-0.25, -0.2) is 4.98 Å². The van der Waals surface area contributed by atoms with Crippen LogP contribution in [-0.2, 0) is 11.3 Å². The van der Waals surface area contributed by atoms with E-state index in [9.17, 15) is 9.59 Å². The maximum absolute atomic E-state index is 12.9. The van der Waals surface area contributed by atoms with E-state index in [0.717, 1.165) is 22.6 Å². The van der Waals surface area contributed by atoms with E-state index in [1.54, 1.807) is 0 Å². The molecule has 0 saturated heterocycles. The predicted octanol–water partition coefficient (Wildman–Crippen LogP) is 2.97. The van der Waals surface area contributed by atoms with Gasteiger partial charge in [0, 0.05) is 55.9 Å². The maximum atomic E-state index is 12.9. The quantitative estimate of drug-likeness (QED) is 0.750. The van der Waals surface area contributed by atoms with Gasteiger partial charge < -0.3 is 20.1 Å². The van der Waals surface area contributed by atoms with Crippen molar-refractivity contribution in [3.05, 3.63) is 81.1 Å². The molecular weight excluding hydrogens is 390 g/mol. The van der Waals surface area contributed by atoms with Crippen molar-refractivity contribution in [3.8, 4) is 0 Å². The van der Waals surface area contributed by atoms with E-state index in [-0.39, 0.29) is 30.1 Å². The molecule has 2 aromatic rings. The molecule has 1 aliphatic heterocycles. The van der Waals surface area contributed by atoms with E-state index in [1.807, 2.05) is 75.6 Å². The molecule has 1 aliphatic rings. The summed E-state index contributed by atoms with van der Waals surface area (Å²) in [6, 6.07) is 6.09. The summed E-state index contributed by atoms with van der Waals surface area (Å²) in [4.78, 5) is 36.6. The monoisotopic (exact) mass is 421 g/mol. The number of carbonyl (C=O) groups is 1. The fourth-order valence-corrected chi connectivity index (χ4v) is 3.69. The summed E-state index contributed by atoms with van der Waals surface area (Å²) in [5, 5.41) is 2.89. The maximum Gasteiger partial charge on any atom is 0.253 e. The van der Waals surface area contributed by atoms with Crippen molar-refractivity contribution in [2.75, 3.05) is 19.0 Å². The molecule has 2 aromatic heterocycles. The second-order valence-electron chi connectivity index (χ2n) is 8.39. The molecule has 7 nitrogen and oxygen atoms in total. The molecule has 1 unspecified atom stereocenters. The van der Waals surface area contributed by atoms with Crippen LogP contribution >= 0.6 is 0 Å². The van der Waals surface area contributed by atoms with Gasteiger partial charge in [0.25, 0.3) is 11.5 Å². The van der Waals surface area contributed by atoms with E-state index >= 15 is 0 Å². The topological polar surface area (TPSA) is 81.3 Å². The van der Waals surface area contributed by atoms with Crippen LogP contribution in [0.3, 0.4) is 0 Å². The van der Waals surface area contributed by atoms with Gasteiger partial charge in [0.15, 0.2) is 0 Å². The first-order valence-corrected chi connectivity index (χ1v) is 10.5. The van der Waals surface area contributed by atoms with Gasteiger partial charge in [0.05, 0.1) is 6.04 Å². The lowest BCUT2D eigenvalue weighted by Gasteiger charge is -2.35. The van der Waals surface area contributed by atoms with Crippen molar-refractivity contribution in [2.45, 2.75) is 46.3 Å². The number of hydrogen-bond donors (Lipinski definition) is 2. The lowest BCUT2D eigenvalue weighted by atomic mass is 9.99. The lowest BCUT2D eigenvalue weighted by Crippen LogP contribution is -2.34. The number of pyridine rings is 2. The Morgan fingerprint density at radius 1 is 1.29 bits per heavy atom. The van der Waals surface area contributed by atoms with Crippen LogP contribution in [0.5, 0.6) is 0 Å². The van der Waals surface area contributed by atoms with Crippen LogP contribution in [0.1, 0.15) is 42.3 Å². The van der Waals surface area contributed by atoms with Crippen LogP contribution in [0.4, 0.5) is 5.82 Å². The number of aromatic nitrogens is 2. The van der Waals surface area contributed by atoms with E-state index < -0.39 is 0 Å². The van der Waals surface area contributed by atoms with Crippen molar-refractivity contribution < 1.29 is 4.79 Å². The van der Waals surface area contributed by atoms with Gasteiger partial charge in [-0.3, -0.25) is 9.59 Å². The zero-order valence-electron chi connectivity index (χ0n) is 19.1. The Morgan fingerprint density at radius 3 is 2.61 bits per heavy atom. The number of rotatable bonds is 6. The molecular formula is C24H31N5O2. The molecule has 0 spiro atoms. The molecule has 31 heavy (non-hydrogen) atoms. The number of H-pyrrole nitrogens is 1. The third kappa shape index (κ3) is 5.05. The highest BCUT2D eigenvalue weighted by atomic mass is 16.2. The minimum atomic E-state index is -0.207. The van der Waals surface area contributed by atoms with Crippen LogP contribution < -0.4 is 15.8 Å². The fourth-order valence-electron chi connectivity index (χ4n) is 3.69. The highest BCUT2D eigenvalue weighted by Crippen LogP contribution is 2.30. The molecule has 0 bridgehead atoms. The normalized spacial score (nSPS) is 15.8. The molecule has 0 aromatic carbocycles. The number of aryl methyl sites for hydroxylation is 2. The third-order valence-corrected chi connectivity index (χ3v) is 5.43. The number of nitrogens with zero attached hydrogens (tertiary/aromatic N) is 3. The Morgan fingerprint density at radius 2 is 2.03 bits per heavy atom. The summed E-state index contributed by atoms with van der Waals surface area (Å²) >= 11 is 0. The Balaban J connectivity index is 1.82. The molecule has 7 heteroatoms. The number of carbonyl (C=O) groups excluding carboxylic acids is 1. The molecule has 1 atom stereocenters. The Bertz CT molecular complexity index is 1060. The van der Waals surface area contributed by atoms with Gasteiger partial charge >= 0.3 is 0 Å². The lowest BCUT2D eigenvalue weighted by molar-refractivity contribution is -0.117. The SMILES string of the molecule is Cc1cc(C)c(CNC(=O)C2=CC(c3ccc(N(C)C)nc3)N(C(C)C)C=C2)c(=O)[nH]1. The van der Waals surface area contributed by atoms with Crippen molar-refractivity contribution >= 4 is 11.7 Å². The number of hydrogen-bond acceptors (Lipinski definition) is 5. The third-order valence-electron chi connectivity index (χ3n) is 5.43. The molecule has 0 fully saturated rings. The zero-order chi connectivity index (χ0) is 22.7. The summed E-state index contributed by atoms with van der Waals surface area (Å²) in [6.45, 7) is 8.14. The molecule has 164 valence electrons. The summed E-state index contributed by atoms with van der Waals surface area (Å²) in [5.41, 5.74) is 3.66. The standard InChI is InChI=1S/C24H31N5O2/c1-15(2)29-10-9-18(12-21(29)19-7-8-22(25-13-19)28(5)6)23(30)26-14-20-16(3)11-17(4)27-24(20)31/h7-13,15,21H,14H2,1-6H3,(H,26,30)(H,27,31). The fraction of sp³-hybridized carbons (Fsp3) is 0.375. The highest BCUT2D eigenvalue weighted by Gasteiger charge is 2.24. The molecule has 3 heterocycles. The zero-order valence-corrected chi connectivity index (χ0v) is 19.1. The summed E-state index contributed by atoms with van der Waals surface area (Å²) in [7, 11) is 3.91. The summed E-state index contributed by atoms with van der Waals surface area (Å²) in [5.74, 6) is 0.675. The largest absolute Gasteiger partial charge is 0.364 e. The van der Waals surface area contributed by atoms with Gasteiger partial charge in [0.2, 0.25) is 0 Å². The molecule has 0 radical (unpaired) electrons. The molecule has 2 N–H and O–H groups in total. The van der Waals surface area contributed by atoms with Crippen molar-refractivity contribution in [3.63, 3.8) is 0 Å². The van der Waals surface area contributed by atoms with Gasteiger partial charge in [-0.2, -0.15) is 0 Å². The highest BCUT2D eigenvalue weighted by molar-refractivity contribution is 5.96. The van der Waals surface area contributed by atoms with E-state index in [0.29, 0.717) is 11.1 Å². The average molecular weight is 422 g/mol. The minimum absolute atomic E-state index is 0.0982. The van der Waals surface area contributed by atoms with Crippen LogP contribution in [0.15, 0.2) is 53.1 Å². The number of anilines is 1. The predicted molar refractivity (Wildman–Crippen MR) is 124 cm³/mol. The number of nitrogens with one attached hydrogen (secondary N) is 2. The first-order valence-electron chi connectivity index (χ1n) is 10.5. The van der Waals surface area contributed by atoms with Gasteiger partial charge in [-0.05, 0) is 63.1 Å². The average Bonchev–Trinajstić information content (AvgIpc) is 2.72. The number of aromatic amines is 1. The number of amides is 1. The molecule has 0 saturated carbocycles. The Hall–Kier alpha value is -3.35. The summed E-state index contributed by atoms with van der Waals surface area (Å²) in [6.07, 6.45) is 7.58. The van der Waals surface area contributed by atoms with Gasteiger partial charge in [-0.15, -0.1) is 0 Å². The van der Waals surface area contributed by atoms with Gasteiger partial charge in [0.1, 0.15) is 5.82 Å². The second kappa shape index (κ2) is 9.20. The molecule has 1 amide bonds. The summed E-state index contributed by atoms with van der Waals surface area (Å²) < 4.78 is 0. The first-order chi connectivity index (χ1) is 14.7. The second-order valence-corrected chi connectivity index (χ2v) is 8.39.